The molecule has 0 fully saturated rings. The Morgan fingerprint density at radius 3 is 2.56 bits per heavy atom. The maximum absolute atomic E-state index is 7.37. The van der Waals surface area contributed by atoms with E-state index >= 15 is 0 Å². The minimum absolute atomic E-state index is 0. The van der Waals surface area contributed by atoms with Crippen LogP contribution < -0.4 is 61.1 Å². The molecule has 0 aliphatic heterocycles. The summed E-state index contributed by atoms with van der Waals surface area (Å²) in [6.45, 7) is 0.989. The summed E-state index contributed by atoms with van der Waals surface area (Å²) in [5.74, 6) is 7.98. The van der Waals surface area contributed by atoms with Crippen LogP contribution in [0.4, 0.5) is 5.69 Å². The SMILES string of the molecule is COCCOc1ccc(N(C)[NH-])cc1Cl.[K+]. The first-order valence-electron chi connectivity index (χ1n) is 4.51. The van der Waals surface area contributed by atoms with E-state index in [-0.39, 0.29) is 51.4 Å². The van der Waals surface area contributed by atoms with Crippen LogP contribution in [-0.2, 0) is 4.74 Å². The largest absolute Gasteiger partial charge is 1.00 e. The van der Waals surface area contributed by atoms with Crippen LogP contribution in [-0.4, -0.2) is 27.4 Å². The summed E-state index contributed by atoms with van der Waals surface area (Å²) in [5.41, 5.74) is 0.721. The number of benzene rings is 1. The van der Waals surface area contributed by atoms with Gasteiger partial charge in [-0.1, -0.05) is 11.6 Å². The van der Waals surface area contributed by atoms with Crippen molar-refractivity contribution < 1.29 is 60.9 Å². The zero-order chi connectivity index (χ0) is 11.3. The second kappa shape index (κ2) is 8.71. The van der Waals surface area contributed by atoms with E-state index < -0.39 is 0 Å². The van der Waals surface area contributed by atoms with E-state index in [1.165, 1.54) is 5.01 Å². The zero-order valence-electron chi connectivity index (χ0n) is 9.79. The maximum Gasteiger partial charge on any atom is 1.00 e. The number of halogens is 1. The molecule has 0 bridgehead atoms. The molecule has 0 aliphatic rings. The molecule has 0 spiro atoms. The number of hydrogen-bond donors (Lipinski definition) is 0. The van der Waals surface area contributed by atoms with E-state index in [0.717, 1.165) is 5.69 Å². The van der Waals surface area contributed by atoms with Crippen LogP contribution in [0.3, 0.4) is 0 Å². The smallest absolute Gasteiger partial charge is 0.584 e. The molecule has 1 N–H and O–H groups in total. The van der Waals surface area contributed by atoms with Crippen molar-refractivity contribution in [1.29, 1.82) is 0 Å². The van der Waals surface area contributed by atoms with Gasteiger partial charge in [0.05, 0.1) is 11.6 Å². The van der Waals surface area contributed by atoms with Crippen LogP contribution in [0.15, 0.2) is 18.2 Å². The van der Waals surface area contributed by atoms with Crippen molar-refractivity contribution in [2.45, 2.75) is 0 Å². The summed E-state index contributed by atoms with van der Waals surface area (Å²) in [7, 11) is 3.25. The molecule has 6 heteroatoms. The number of anilines is 1. The standard InChI is InChI=1S/C10H14ClN2O2.K/c1-13(12)8-3-4-10(9(11)7-8)15-6-5-14-2;/h3-4,7,12H,5-6H2,1-2H3;/q-1;+1. The van der Waals surface area contributed by atoms with Crippen molar-refractivity contribution in [3.63, 3.8) is 0 Å². The first-order chi connectivity index (χ1) is 7.15. The van der Waals surface area contributed by atoms with Gasteiger partial charge in [0.2, 0.25) is 0 Å². The van der Waals surface area contributed by atoms with Gasteiger partial charge >= 0.3 is 51.4 Å². The summed E-state index contributed by atoms with van der Waals surface area (Å²) < 4.78 is 10.2. The predicted molar refractivity (Wildman–Crippen MR) is 61.5 cm³/mol. The number of methoxy groups -OCH3 is 1. The van der Waals surface area contributed by atoms with E-state index in [9.17, 15) is 0 Å². The Kier molecular flexibility index (Phi) is 9.08. The first-order valence-corrected chi connectivity index (χ1v) is 4.89. The molecule has 0 aromatic heterocycles. The fourth-order valence-electron chi connectivity index (χ4n) is 1.05. The molecule has 16 heavy (non-hydrogen) atoms. The molecule has 0 saturated carbocycles. The van der Waals surface area contributed by atoms with Crippen LogP contribution >= 0.6 is 11.6 Å². The van der Waals surface area contributed by atoms with Gasteiger partial charge in [-0.2, -0.15) is 0 Å². The van der Waals surface area contributed by atoms with Crippen LogP contribution in [0.5, 0.6) is 5.75 Å². The topological polar surface area (TPSA) is 45.5 Å². The number of hydrogen-bond acceptors (Lipinski definition) is 3. The molecule has 0 aliphatic carbocycles. The molecule has 0 heterocycles. The number of nitrogens with zero attached hydrogens (tertiary/aromatic N) is 1. The van der Waals surface area contributed by atoms with E-state index in [1.807, 2.05) is 0 Å². The summed E-state index contributed by atoms with van der Waals surface area (Å²) in [4.78, 5) is 0. The van der Waals surface area contributed by atoms with Gasteiger partial charge in [-0.05, 0) is 25.2 Å². The van der Waals surface area contributed by atoms with Gasteiger partial charge in [0.15, 0.2) is 0 Å². The minimum Gasteiger partial charge on any atom is -0.584 e. The van der Waals surface area contributed by atoms with Gasteiger partial charge < -0.3 is 20.3 Å². The molecule has 1 aromatic carbocycles. The van der Waals surface area contributed by atoms with E-state index in [2.05, 4.69) is 0 Å². The van der Waals surface area contributed by atoms with Gasteiger partial charge in [0.25, 0.3) is 0 Å². The number of ether oxygens (including phenoxy) is 2. The summed E-state index contributed by atoms with van der Waals surface area (Å²) in [6.07, 6.45) is 0. The second-order valence-corrected chi connectivity index (χ2v) is 3.42. The van der Waals surface area contributed by atoms with Crippen LogP contribution in [0.2, 0.25) is 5.02 Å². The Balaban J connectivity index is 0.00000225. The van der Waals surface area contributed by atoms with Crippen molar-refractivity contribution in [3.05, 3.63) is 29.1 Å². The molecule has 84 valence electrons. The normalized spacial score (nSPS) is 9.50. The Bertz CT molecular complexity index is 324. The van der Waals surface area contributed by atoms with Crippen LogP contribution in [0.25, 0.3) is 5.84 Å². The molecule has 0 amide bonds. The molecule has 0 radical (unpaired) electrons. The average molecular weight is 269 g/mol. The molecular formula is C10H14ClKN2O2. The van der Waals surface area contributed by atoms with E-state index in [4.69, 9.17) is 26.9 Å². The van der Waals surface area contributed by atoms with Gasteiger partial charge in [0.1, 0.15) is 12.4 Å². The minimum atomic E-state index is 0. The molecule has 1 rings (SSSR count). The maximum atomic E-state index is 7.37. The van der Waals surface area contributed by atoms with Crippen LogP contribution in [0.1, 0.15) is 0 Å². The Labute approximate surface area is 143 Å². The van der Waals surface area contributed by atoms with Crippen molar-refractivity contribution in [2.75, 3.05) is 32.4 Å². The molecule has 0 saturated heterocycles. The van der Waals surface area contributed by atoms with Crippen molar-refractivity contribution in [2.24, 2.45) is 0 Å². The van der Waals surface area contributed by atoms with Gasteiger partial charge in [-0.25, -0.2) is 0 Å². The Morgan fingerprint density at radius 2 is 2.06 bits per heavy atom. The zero-order valence-corrected chi connectivity index (χ0v) is 13.7. The predicted octanol–water partition coefficient (Wildman–Crippen LogP) is -0.227. The summed E-state index contributed by atoms with van der Waals surface area (Å²) in [5, 5.41) is 1.74. The number of nitrogens with one attached hydrogen (secondary N) is 1. The first kappa shape index (κ1) is 16.7. The molecule has 1 aromatic rings. The Hall–Kier alpha value is 0.666. The third-order valence-corrected chi connectivity index (χ3v) is 2.14. The van der Waals surface area contributed by atoms with Crippen molar-refractivity contribution in [1.82, 2.24) is 0 Å². The third kappa shape index (κ3) is 5.33. The van der Waals surface area contributed by atoms with Crippen molar-refractivity contribution in [3.8, 4) is 5.75 Å². The fraction of sp³-hybridized carbons (Fsp3) is 0.400. The monoisotopic (exact) mass is 268 g/mol. The summed E-state index contributed by atoms with van der Waals surface area (Å²) in [6, 6.07) is 5.22. The molecule has 4 nitrogen and oxygen atoms in total. The average Bonchev–Trinajstić information content (AvgIpc) is 2.20. The molecular weight excluding hydrogens is 255 g/mol. The number of rotatable bonds is 5. The van der Waals surface area contributed by atoms with Gasteiger partial charge in [0, 0.05) is 12.8 Å². The summed E-state index contributed by atoms with van der Waals surface area (Å²) >= 11 is 5.98. The fourth-order valence-corrected chi connectivity index (χ4v) is 1.28. The van der Waals surface area contributed by atoms with Crippen molar-refractivity contribution >= 4 is 17.3 Å². The van der Waals surface area contributed by atoms with E-state index in [1.54, 1.807) is 32.4 Å². The molecule has 0 atom stereocenters. The van der Waals surface area contributed by atoms with Crippen LogP contribution in [0, 0.1) is 0 Å². The third-order valence-electron chi connectivity index (χ3n) is 1.85. The van der Waals surface area contributed by atoms with E-state index in [0.29, 0.717) is 24.0 Å². The molecule has 0 unspecified atom stereocenters. The Morgan fingerprint density at radius 1 is 1.38 bits per heavy atom. The quantitative estimate of drug-likeness (QED) is 0.421. The second-order valence-electron chi connectivity index (χ2n) is 3.02. The van der Waals surface area contributed by atoms with Gasteiger partial charge in [-0.15, -0.1) is 0 Å². The van der Waals surface area contributed by atoms with Gasteiger partial charge in [-0.3, -0.25) is 0 Å².